The quantitative estimate of drug-likeness (QED) is 0.487. The lowest BCUT2D eigenvalue weighted by Crippen LogP contribution is -1.86. The number of carbonyl (C=O) groups excluding carboxylic acids is 1. The second-order valence-electron chi connectivity index (χ2n) is 1.80. The van der Waals surface area contributed by atoms with Crippen LogP contribution in [-0.2, 0) is 4.79 Å². The van der Waals surface area contributed by atoms with E-state index in [0.29, 0.717) is 11.4 Å². The van der Waals surface area contributed by atoms with Gasteiger partial charge in [-0.2, -0.15) is 0 Å². The zero-order valence-corrected chi connectivity index (χ0v) is 5.66. The first-order chi connectivity index (χ1) is 4.88. The number of aldehydes is 1. The van der Waals surface area contributed by atoms with Crippen LogP contribution in [0, 0.1) is 0 Å². The molecule has 1 N–H and O–H groups in total. The number of imidazole rings is 1. The van der Waals surface area contributed by atoms with Crippen molar-refractivity contribution in [3.63, 3.8) is 0 Å². The first kappa shape index (κ1) is 6.74. The molecule has 0 radical (unpaired) electrons. The van der Waals surface area contributed by atoms with Crippen molar-refractivity contribution in [1.82, 2.24) is 9.97 Å². The fourth-order valence-electron chi connectivity index (χ4n) is 0.684. The summed E-state index contributed by atoms with van der Waals surface area (Å²) in [5.41, 5.74) is 0.588. The van der Waals surface area contributed by atoms with Gasteiger partial charge in [-0.1, -0.05) is 6.08 Å². The fourth-order valence-corrected chi connectivity index (χ4v) is 0.684. The third-order valence-electron chi connectivity index (χ3n) is 1.21. The van der Waals surface area contributed by atoms with Crippen LogP contribution in [0.1, 0.15) is 12.7 Å². The molecular weight excluding hydrogens is 128 g/mol. The third kappa shape index (κ3) is 1.13. The van der Waals surface area contributed by atoms with Gasteiger partial charge in [-0.25, -0.2) is 4.98 Å². The molecule has 1 heterocycles. The summed E-state index contributed by atoms with van der Waals surface area (Å²) in [5, 5.41) is 0. The minimum atomic E-state index is 0.588. The molecule has 3 heteroatoms. The maximum atomic E-state index is 10.3. The first-order valence-electron chi connectivity index (χ1n) is 2.99. The van der Waals surface area contributed by atoms with Gasteiger partial charge >= 0.3 is 0 Å². The van der Waals surface area contributed by atoms with E-state index in [1.54, 1.807) is 25.4 Å². The normalized spacial score (nSPS) is 11.5. The standard InChI is InChI=1S/C7H8N2O/c1-2-6(5-10)7-8-3-4-9-7/h2-5H,1H3,(H,8,9). The maximum Gasteiger partial charge on any atom is 0.153 e. The number of allylic oxidation sites excluding steroid dienone is 2. The lowest BCUT2D eigenvalue weighted by Gasteiger charge is -1.88. The van der Waals surface area contributed by atoms with Crippen LogP contribution in [0.3, 0.4) is 0 Å². The molecule has 10 heavy (non-hydrogen) atoms. The highest BCUT2D eigenvalue weighted by Crippen LogP contribution is 2.03. The Morgan fingerprint density at radius 3 is 3.00 bits per heavy atom. The zero-order valence-electron chi connectivity index (χ0n) is 5.66. The van der Waals surface area contributed by atoms with Crippen molar-refractivity contribution in [2.75, 3.05) is 0 Å². The Morgan fingerprint density at radius 2 is 2.60 bits per heavy atom. The van der Waals surface area contributed by atoms with Crippen molar-refractivity contribution in [2.24, 2.45) is 0 Å². The summed E-state index contributed by atoms with van der Waals surface area (Å²) >= 11 is 0. The number of hydrogen-bond acceptors (Lipinski definition) is 2. The number of nitrogens with one attached hydrogen (secondary N) is 1. The van der Waals surface area contributed by atoms with E-state index >= 15 is 0 Å². The molecule has 0 aliphatic rings. The average Bonchev–Trinajstić information content (AvgIpc) is 2.43. The molecule has 0 amide bonds. The van der Waals surface area contributed by atoms with Crippen LogP contribution < -0.4 is 0 Å². The van der Waals surface area contributed by atoms with Crippen LogP contribution in [0.15, 0.2) is 18.5 Å². The van der Waals surface area contributed by atoms with E-state index < -0.39 is 0 Å². The SMILES string of the molecule is CC=C(C=O)c1ncc[nH]1. The number of nitrogens with zero attached hydrogens (tertiary/aromatic N) is 1. The van der Waals surface area contributed by atoms with Crippen LogP contribution in [0.5, 0.6) is 0 Å². The van der Waals surface area contributed by atoms with Crippen molar-refractivity contribution in [3.8, 4) is 0 Å². The van der Waals surface area contributed by atoms with Gasteiger partial charge in [0.2, 0.25) is 0 Å². The number of carbonyl (C=O) groups is 1. The smallest absolute Gasteiger partial charge is 0.153 e. The number of rotatable bonds is 2. The van der Waals surface area contributed by atoms with E-state index in [4.69, 9.17) is 0 Å². The molecule has 0 bridgehead atoms. The molecule has 0 aliphatic carbocycles. The topological polar surface area (TPSA) is 45.8 Å². The van der Waals surface area contributed by atoms with Crippen LogP contribution in [0.25, 0.3) is 5.57 Å². The largest absolute Gasteiger partial charge is 0.345 e. The molecule has 1 aromatic heterocycles. The van der Waals surface area contributed by atoms with E-state index in [2.05, 4.69) is 9.97 Å². The van der Waals surface area contributed by atoms with Crippen molar-refractivity contribution in [3.05, 3.63) is 24.3 Å². The summed E-state index contributed by atoms with van der Waals surface area (Å²) in [5.74, 6) is 0.623. The van der Waals surface area contributed by atoms with Gasteiger partial charge in [-0.15, -0.1) is 0 Å². The molecule has 1 rings (SSSR count). The van der Waals surface area contributed by atoms with Gasteiger partial charge in [0.25, 0.3) is 0 Å². The Morgan fingerprint density at radius 1 is 1.80 bits per heavy atom. The second-order valence-corrected chi connectivity index (χ2v) is 1.80. The molecule has 0 unspecified atom stereocenters. The summed E-state index contributed by atoms with van der Waals surface area (Å²) in [6.07, 6.45) is 5.79. The molecule has 52 valence electrons. The van der Waals surface area contributed by atoms with E-state index in [-0.39, 0.29) is 0 Å². The molecule has 0 saturated heterocycles. The van der Waals surface area contributed by atoms with Crippen LogP contribution >= 0.6 is 0 Å². The molecule has 0 spiro atoms. The number of H-pyrrole nitrogens is 1. The Bertz CT molecular complexity index is 236. The Hall–Kier alpha value is -1.38. The first-order valence-corrected chi connectivity index (χ1v) is 2.99. The van der Waals surface area contributed by atoms with Crippen molar-refractivity contribution < 1.29 is 4.79 Å². The monoisotopic (exact) mass is 136 g/mol. The van der Waals surface area contributed by atoms with Crippen LogP contribution in [-0.4, -0.2) is 16.3 Å². The predicted octanol–water partition coefficient (Wildman–Crippen LogP) is 1.01. The fraction of sp³-hybridized carbons (Fsp3) is 0.143. The van der Waals surface area contributed by atoms with Crippen molar-refractivity contribution in [2.45, 2.75) is 6.92 Å². The van der Waals surface area contributed by atoms with Gasteiger partial charge in [-0.3, -0.25) is 4.79 Å². The summed E-state index contributed by atoms with van der Waals surface area (Å²) in [6.45, 7) is 1.80. The molecule has 0 aliphatic heterocycles. The van der Waals surface area contributed by atoms with Gasteiger partial charge in [0, 0.05) is 12.4 Å². The van der Waals surface area contributed by atoms with Gasteiger partial charge in [-0.05, 0) is 6.92 Å². The van der Waals surface area contributed by atoms with Crippen LogP contribution in [0.4, 0.5) is 0 Å². The summed E-state index contributed by atoms with van der Waals surface area (Å²) < 4.78 is 0. The molecule has 0 atom stereocenters. The minimum Gasteiger partial charge on any atom is -0.345 e. The lowest BCUT2D eigenvalue weighted by atomic mass is 10.3. The van der Waals surface area contributed by atoms with E-state index in [1.165, 1.54) is 0 Å². The zero-order chi connectivity index (χ0) is 7.40. The van der Waals surface area contributed by atoms with Crippen LogP contribution in [0.2, 0.25) is 0 Å². The average molecular weight is 136 g/mol. The Kier molecular flexibility index (Phi) is 1.99. The molecular formula is C7H8N2O. The molecule has 0 saturated carbocycles. The molecule has 3 nitrogen and oxygen atoms in total. The Labute approximate surface area is 58.8 Å². The lowest BCUT2D eigenvalue weighted by molar-refractivity contribution is -0.103. The van der Waals surface area contributed by atoms with Crippen molar-refractivity contribution in [1.29, 1.82) is 0 Å². The summed E-state index contributed by atoms with van der Waals surface area (Å²) in [7, 11) is 0. The van der Waals surface area contributed by atoms with E-state index in [1.807, 2.05) is 0 Å². The minimum absolute atomic E-state index is 0.588. The highest BCUT2D eigenvalue weighted by Gasteiger charge is 1.98. The maximum absolute atomic E-state index is 10.3. The predicted molar refractivity (Wildman–Crippen MR) is 38.3 cm³/mol. The van der Waals surface area contributed by atoms with E-state index in [9.17, 15) is 4.79 Å². The highest BCUT2D eigenvalue weighted by atomic mass is 16.1. The highest BCUT2D eigenvalue weighted by molar-refractivity contribution is 6.04. The Balaban J connectivity index is 2.95. The molecule has 0 aromatic carbocycles. The number of aromatic amines is 1. The molecule has 1 aromatic rings. The second kappa shape index (κ2) is 2.96. The summed E-state index contributed by atoms with van der Waals surface area (Å²) in [6, 6.07) is 0. The third-order valence-corrected chi connectivity index (χ3v) is 1.21. The van der Waals surface area contributed by atoms with E-state index in [0.717, 1.165) is 6.29 Å². The van der Waals surface area contributed by atoms with Gasteiger partial charge < -0.3 is 4.98 Å². The van der Waals surface area contributed by atoms with Gasteiger partial charge in [0.1, 0.15) is 5.82 Å². The molecule has 0 fully saturated rings. The summed E-state index contributed by atoms with van der Waals surface area (Å²) in [4.78, 5) is 17.0. The van der Waals surface area contributed by atoms with Crippen molar-refractivity contribution >= 4 is 11.9 Å². The number of aromatic nitrogens is 2. The van der Waals surface area contributed by atoms with Gasteiger partial charge in [0.05, 0.1) is 5.57 Å². The number of hydrogen-bond donors (Lipinski definition) is 1. The van der Waals surface area contributed by atoms with Gasteiger partial charge in [0.15, 0.2) is 6.29 Å².